The SMILES string of the molecule is CCC(C)C(C(CC(=O)N1CCCC1C(OC)C(C)C(=O)NC(Cc1ccccc1)C(=O)O)OC)N(C)C(=O)C(NC(=O)C1(C)CCCCN1)C(C)C. The van der Waals surface area contributed by atoms with Crippen LogP contribution in [0.3, 0.4) is 0 Å². The Bertz CT molecular complexity index is 1370. The predicted molar refractivity (Wildman–Crippen MR) is 203 cm³/mol. The fourth-order valence-electron chi connectivity index (χ4n) is 7.94. The van der Waals surface area contributed by atoms with Gasteiger partial charge in [-0.1, -0.05) is 71.4 Å². The van der Waals surface area contributed by atoms with Gasteiger partial charge in [0.2, 0.25) is 23.6 Å². The third-order valence-electron chi connectivity index (χ3n) is 11.5. The van der Waals surface area contributed by atoms with Gasteiger partial charge in [0.05, 0.1) is 42.2 Å². The Labute approximate surface area is 316 Å². The summed E-state index contributed by atoms with van der Waals surface area (Å²) in [6.45, 7) is 12.7. The minimum Gasteiger partial charge on any atom is -0.480 e. The molecule has 4 N–H and O–H groups in total. The van der Waals surface area contributed by atoms with E-state index >= 15 is 0 Å². The van der Waals surface area contributed by atoms with Crippen LogP contribution in [-0.4, -0.2) is 121 Å². The van der Waals surface area contributed by atoms with Crippen molar-refractivity contribution in [1.29, 1.82) is 0 Å². The zero-order valence-electron chi connectivity index (χ0n) is 33.4. The lowest BCUT2D eigenvalue weighted by Crippen LogP contribution is -2.63. The van der Waals surface area contributed by atoms with Crippen molar-refractivity contribution >= 4 is 29.6 Å². The van der Waals surface area contributed by atoms with Gasteiger partial charge in [0.25, 0.3) is 0 Å². The molecule has 2 aliphatic rings. The average Bonchev–Trinajstić information content (AvgIpc) is 3.63. The monoisotopic (exact) mass is 743 g/mol. The summed E-state index contributed by atoms with van der Waals surface area (Å²) in [4.78, 5) is 70.8. The first-order chi connectivity index (χ1) is 25.1. The van der Waals surface area contributed by atoms with Crippen LogP contribution in [0.2, 0.25) is 0 Å². The molecule has 53 heavy (non-hydrogen) atoms. The highest BCUT2D eigenvalue weighted by molar-refractivity contribution is 5.92. The van der Waals surface area contributed by atoms with Crippen molar-refractivity contribution in [2.45, 2.75) is 135 Å². The maximum Gasteiger partial charge on any atom is 0.326 e. The van der Waals surface area contributed by atoms with Gasteiger partial charge in [-0.2, -0.15) is 0 Å². The van der Waals surface area contributed by atoms with Crippen molar-refractivity contribution < 1.29 is 38.6 Å². The second kappa shape index (κ2) is 20.2. The van der Waals surface area contributed by atoms with Crippen molar-refractivity contribution in [1.82, 2.24) is 25.8 Å². The van der Waals surface area contributed by atoms with Crippen LogP contribution in [-0.2, 0) is 39.9 Å². The summed E-state index contributed by atoms with van der Waals surface area (Å²) in [6, 6.07) is 6.34. The van der Waals surface area contributed by atoms with E-state index in [0.29, 0.717) is 25.8 Å². The number of methoxy groups -OCH3 is 2. The minimum atomic E-state index is -1.14. The molecule has 2 aliphatic heterocycles. The number of carboxylic acid groups (broad SMARTS) is 1. The van der Waals surface area contributed by atoms with E-state index in [9.17, 15) is 29.1 Å². The number of nitrogens with one attached hydrogen (secondary N) is 3. The molecule has 0 bridgehead atoms. The summed E-state index contributed by atoms with van der Waals surface area (Å²) in [5.74, 6) is -3.18. The molecule has 1 aromatic carbocycles. The number of likely N-dealkylation sites (tertiary alicyclic amines) is 1. The second-order valence-electron chi connectivity index (χ2n) is 15.6. The number of carbonyl (C=O) groups is 5. The Balaban J connectivity index is 1.76. The van der Waals surface area contributed by atoms with Gasteiger partial charge in [0.1, 0.15) is 12.1 Å². The van der Waals surface area contributed by atoms with Crippen molar-refractivity contribution in [3.05, 3.63) is 35.9 Å². The van der Waals surface area contributed by atoms with Crippen LogP contribution in [0.4, 0.5) is 0 Å². The van der Waals surface area contributed by atoms with Gasteiger partial charge in [-0.25, -0.2) is 4.79 Å². The van der Waals surface area contributed by atoms with E-state index in [1.807, 2.05) is 65.0 Å². The van der Waals surface area contributed by atoms with Crippen LogP contribution < -0.4 is 16.0 Å². The molecule has 13 heteroatoms. The summed E-state index contributed by atoms with van der Waals surface area (Å²) in [5, 5.41) is 18.9. The van der Waals surface area contributed by atoms with Gasteiger partial charge >= 0.3 is 5.97 Å². The first-order valence-electron chi connectivity index (χ1n) is 19.3. The molecular weight excluding hydrogens is 678 g/mol. The number of hydrogen-bond acceptors (Lipinski definition) is 8. The molecule has 13 nitrogen and oxygen atoms in total. The van der Waals surface area contributed by atoms with Gasteiger partial charge < -0.3 is 40.3 Å². The molecule has 3 rings (SSSR count). The molecule has 0 spiro atoms. The number of amides is 4. The third kappa shape index (κ3) is 11.2. The average molecular weight is 744 g/mol. The molecule has 298 valence electrons. The van der Waals surface area contributed by atoms with E-state index in [0.717, 1.165) is 31.4 Å². The van der Waals surface area contributed by atoms with Gasteiger partial charge in [-0.15, -0.1) is 0 Å². The molecule has 0 saturated carbocycles. The maximum atomic E-state index is 14.2. The smallest absolute Gasteiger partial charge is 0.326 e. The summed E-state index contributed by atoms with van der Waals surface area (Å²) < 4.78 is 11.9. The van der Waals surface area contributed by atoms with E-state index in [1.165, 1.54) is 7.11 Å². The number of likely N-dealkylation sites (N-methyl/N-ethyl adjacent to an activating group) is 1. The Kier molecular flexibility index (Phi) is 16.7. The predicted octanol–water partition coefficient (Wildman–Crippen LogP) is 3.39. The van der Waals surface area contributed by atoms with Gasteiger partial charge in [-0.3, -0.25) is 19.2 Å². The van der Waals surface area contributed by atoms with Crippen LogP contribution >= 0.6 is 0 Å². The molecule has 9 atom stereocenters. The molecule has 1 aromatic rings. The molecule has 0 aliphatic carbocycles. The van der Waals surface area contributed by atoms with Crippen LogP contribution in [0, 0.1) is 17.8 Å². The van der Waals surface area contributed by atoms with Crippen molar-refractivity contribution in [3.8, 4) is 0 Å². The third-order valence-corrected chi connectivity index (χ3v) is 11.5. The molecular formula is C40H65N5O8. The number of piperidine rings is 1. The standard InChI is InChI=1S/C40H65N5O8/c1-10-26(4)34(44(7)37(48)33(25(2)3)43-39(51)40(6)20-14-15-21-41-40)31(52-8)24-32(46)45-22-16-19-30(45)35(53-9)27(5)36(47)42-29(38(49)50)23-28-17-12-11-13-18-28/h11-13,17-18,25-27,29-31,33-35,41H,10,14-16,19-24H2,1-9H3,(H,42,47)(H,43,51)(H,49,50). The highest BCUT2D eigenvalue weighted by atomic mass is 16.5. The Morgan fingerprint density at radius 2 is 1.70 bits per heavy atom. The highest BCUT2D eigenvalue weighted by Gasteiger charge is 2.44. The lowest BCUT2D eigenvalue weighted by Gasteiger charge is -2.41. The Morgan fingerprint density at radius 1 is 1.02 bits per heavy atom. The summed E-state index contributed by atoms with van der Waals surface area (Å²) in [5.41, 5.74) is 0.0435. The van der Waals surface area contributed by atoms with E-state index in [-0.39, 0.29) is 42.4 Å². The molecule has 0 radical (unpaired) electrons. The fourth-order valence-corrected chi connectivity index (χ4v) is 7.94. The van der Waals surface area contributed by atoms with E-state index < -0.39 is 59.7 Å². The van der Waals surface area contributed by atoms with E-state index in [2.05, 4.69) is 16.0 Å². The van der Waals surface area contributed by atoms with Gasteiger partial charge in [0, 0.05) is 34.2 Å². The Hall–Kier alpha value is -3.55. The maximum absolute atomic E-state index is 14.2. The topological polar surface area (TPSA) is 167 Å². The number of benzene rings is 1. The van der Waals surface area contributed by atoms with Crippen LogP contribution in [0.5, 0.6) is 0 Å². The van der Waals surface area contributed by atoms with Crippen molar-refractivity contribution in [3.63, 3.8) is 0 Å². The fraction of sp³-hybridized carbons (Fsp3) is 0.725. The van der Waals surface area contributed by atoms with E-state index in [4.69, 9.17) is 9.47 Å². The highest BCUT2D eigenvalue weighted by Crippen LogP contribution is 2.30. The van der Waals surface area contributed by atoms with Crippen LogP contribution in [0.25, 0.3) is 0 Å². The second-order valence-corrected chi connectivity index (χ2v) is 15.6. The first kappa shape index (κ1) is 43.9. The molecule has 9 unspecified atom stereocenters. The first-order valence-corrected chi connectivity index (χ1v) is 19.3. The van der Waals surface area contributed by atoms with Crippen LogP contribution in [0.15, 0.2) is 30.3 Å². The number of carbonyl (C=O) groups excluding carboxylic acids is 4. The molecule has 2 saturated heterocycles. The van der Waals surface area contributed by atoms with Crippen LogP contribution in [0.1, 0.15) is 92.1 Å². The Morgan fingerprint density at radius 3 is 2.25 bits per heavy atom. The number of carboxylic acids is 1. The lowest BCUT2D eigenvalue weighted by atomic mass is 9.88. The summed E-state index contributed by atoms with van der Waals surface area (Å²) >= 11 is 0. The van der Waals surface area contributed by atoms with Gasteiger partial charge in [-0.05, 0) is 63.0 Å². The largest absolute Gasteiger partial charge is 0.480 e. The summed E-state index contributed by atoms with van der Waals surface area (Å²) in [7, 11) is 4.77. The van der Waals surface area contributed by atoms with Crippen molar-refractivity contribution in [2.24, 2.45) is 17.8 Å². The molecule has 4 amide bonds. The normalized spacial score (nSPS) is 22.9. The number of nitrogens with zero attached hydrogens (tertiary/aromatic N) is 2. The lowest BCUT2D eigenvalue weighted by molar-refractivity contribution is -0.148. The zero-order valence-corrected chi connectivity index (χ0v) is 33.4. The quantitative estimate of drug-likeness (QED) is 0.166. The van der Waals surface area contributed by atoms with E-state index in [1.54, 1.807) is 30.9 Å². The molecule has 0 aromatic heterocycles. The number of hydrogen-bond donors (Lipinski definition) is 4. The number of rotatable bonds is 19. The molecule has 2 heterocycles. The van der Waals surface area contributed by atoms with Crippen molar-refractivity contribution in [2.75, 3.05) is 34.4 Å². The molecule has 2 fully saturated rings. The number of ether oxygens (including phenoxy) is 2. The minimum absolute atomic E-state index is 0.00447. The zero-order chi connectivity index (χ0) is 39.5. The number of aliphatic carboxylic acids is 1. The van der Waals surface area contributed by atoms with Gasteiger partial charge in [0.15, 0.2) is 0 Å². The summed E-state index contributed by atoms with van der Waals surface area (Å²) in [6.07, 6.45) is 3.49.